The number of hydrogen-bond donors (Lipinski definition) is 1. The van der Waals surface area contributed by atoms with Gasteiger partial charge in [0.15, 0.2) is 0 Å². The highest BCUT2D eigenvalue weighted by molar-refractivity contribution is 5.86. The molecule has 1 rings (SSSR count). The van der Waals surface area contributed by atoms with Crippen molar-refractivity contribution >= 4 is 12.0 Å². The van der Waals surface area contributed by atoms with E-state index >= 15 is 0 Å². The van der Waals surface area contributed by atoms with E-state index in [-0.39, 0.29) is 18.6 Å². The van der Waals surface area contributed by atoms with Crippen molar-refractivity contribution in [2.75, 3.05) is 33.4 Å². The summed E-state index contributed by atoms with van der Waals surface area (Å²) in [5, 5.41) is 9.14. The van der Waals surface area contributed by atoms with E-state index in [2.05, 4.69) is 0 Å². The van der Waals surface area contributed by atoms with E-state index in [1.165, 1.54) is 4.90 Å². The Morgan fingerprint density at radius 3 is 2.55 bits per heavy atom. The fraction of sp³-hybridized carbons (Fsp3) is 0.867. The second kappa shape index (κ2) is 7.78. The van der Waals surface area contributed by atoms with Crippen LogP contribution >= 0.6 is 0 Å². The van der Waals surface area contributed by atoms with E-state index < -0.39 is 17.7 Å². The lowest BCUT2D eigenvalue weighted by Crippen LogP contribution is -2.61. The van der Waals surface area contributed by atoms with Gasteiger partial charge in [0, 0.05) is 26.8 Å². The largest absolute Gasteiger partial charge is 0.444 e. The standard InChI is InChI=1S/C15H28N2O5/c1-11-13(19)17(12(6-9-18)10-21-5)8-7-16(11)14(20)22-15(2,3)4/h11-12,18H,6-10H2,1-5H3/t11-,12-/m0/s1. The molecule has 2 atom stereocenters. The zero-order valence-electron chi connectivity index (χ0n) is 14.2. The molecule has 1 saturated heterocycles. The van der Waals surface area contributed by atoms with Crippen LogP contribution in [0.2, 0.25) is 0 Å². The summed E-state index contributed by atoms with van der Waals surface area (Å²) in [5.74, 6) is -0.146. The van der Waals surface area contributed by atoms with Crippen molar-refractivity contribution in [3.63, 3.8) is 0 Å². The SMILES string of the molecule is COC[C@H](CCO)N1CCN(C(=O)OC(C)(C)C)[C@@H](C)C1=O. The first-order valence-corrected chi connectivity index (χ1v) is 7.61. The summed E-state index contributed by atoms with van der Waals surface area (Å²) in [6.07, 6.45) is -0.0166. The average Bonchev–Trinajstić information content (AvgIpc) is 2.39. The third-order valence-electron chi connectivity index (χ3n) is 3.58. The van der Waals surface area contributed by atoms with Crippen molar-refractivity contribution in [2.45, 2.75) is 51.8 Å². The van der Waals surface area contributed by atoms with E-state index in [1.54, 1.807) is 39.7 Å². The maximum atomic E-state index is 12.5. The van der Waals surface area contributed by atoms with Gasteiger partial charge >= 0.3 is 6.09 Å². The monoisotopic (exact) mass is 316 g/mol. The number of nitrogens with zero attached hydrogens (tertiary/aromatic N) is 2. The highest BCUT2D eigenvalue weighted by atomic mass is 16.6. The van der Waals surface area contributed by atoms with Crippen LogP contribution < -0.4 is 0 Å². The van der Waals surface area contributed by atoms with Crippen LogP contribution in [0.1, 0.15) is 34.1 Å². The van der Waals surface area contributed by atoms with E-state index in [1.807, 2.05) is 0 Å². The fourth-order valence-corrected chi connectivity index (χ4v) is 2.50. The molecule has 1 N–H and O–H groups in total. The summed E-state index contributed by atoms with van der Waals surface area (Å²) in [6.45, 7) is 8.26. The Labute approximate surface area is 132 Å². The van der Waals surface area contributed by atoms with Gasteiger partial charge < -0.3 is 19.5 Å². The topological polar surface area (TPSA) is 79.3 Å². The predicted molar refractivity (Wildman–Crippen MR) is 81.5 cm³/mol. The molecule has 0 spiro atoms. The van der Waals surface area contributed by atoms with E-state index in [4.69, 9.17) is 14.6 Å². The summed E-state index contributed by atoms with van der Waals surface area (Å²) in [4.78, 5) is 27.8. The van der Waals surface area contributed by atoms with Gasteiger partial charge in [-0.05, 0) is 34.1 Å². The maximum Gasteiger partial charge on any atom is 0.411 e. The molecule has 0 aromatic heterocycles. The molecule has 1 fully saturated rings. The maximum absolute atomic E-state index is 12.5. The molecule has 2 amide bonds. The van der Waals surface area contributed by atoms with Gasteiger partial charge in [-0.25, -0.2) is 4.79 Å². The van der Waals surface area contributed by atoms with E-state index in [0.717, 1.165) is 0 Å². The van der Waals surface area contributed by atoms with Gasteiger partial charge in [-0.1, -0.05) is 0 Å². The van der Waals surface area contributed by atoms with Crippen molar-refractivity contribution in [1.82, 2.24) is 9.80 Å². The molecular formula is C15H28N2O5. The Balaban J connectivity index is 2.75. The Kier molecular flexibility index (Phi) is 6.62. The van der Waals surface area contributed by atoms with Crippen molar-refractivity contribution in [1.29, 1.82) is 0 Å². The van der Waals surface area contributed by atoms with Crippen LogP contribution in [-0.2, 0) is 14.3 Å². The zero-order chi connectivity index (χ0) is 16.9. The van der Waals surface area contributed by atoms with Crippen molar-refractivity contribution < 1.29 is 24.2 Å². The molecule has 1 aliphatic rings. The van der Waals surface area contributed by atoms with Crippen LogP contribution in [0.25, 0.3) is 0 Å². The molecule has 7 nitrogen and oxygen atoms in total. The molecular weight excluding hydrogens is 288 g/mol. The Morgan fingerprint density at radius 1 is 1.41 bits per heavy atom. The predicted octanol–water partition coefficient (Wildman–Crippen LogP) is 0.852. The lowest BCUT2D eigenvalue weighted by Gasteiger charge is -2.42. The van der Waals surface area contributed by atoms with Crippen LogP contribution in [0, 0.1) is 0 Å². The fourth-order valence-electron chi connectivity index (χ4n) is 2.50. The minimum absolute atomic E-state index is 0.0119. The van der Waals surface area contributed by atoms with Crippen LogP contribution in [0.3, 0.4) is 0 Å². The average molecular weight is 316 g/mol. The van der Waals surface area contributed by atoms with Gasteiger partial charge in [-0.3, -0.25) is 9.69 Å². The number of aliphatic hydroxyl groups excluding tert-OH is 1. The van der Waals surface area contributed by atoms with Gasteiger partial charge in [-0.15, -0.1) is 0 Å². The van der Waals surface area contributed by atoms with Gasteiger partial charge in [0.05, 0.1) is 12.6 Å². The summed E-state index contributed by atoms with van der Waals surface area (Å²) in [6, 6.07) is -0.757. The molecule has 0 bridgehead atoms. The number of hydrogen-bond acceptors (Lipinski definition) is 5. The highest BCUT2D eigenvalue weighted by Gasteiger charge is 2.38. The lowest BCUT2D eigenvalue weighted by atomic mass is 10.1. The minimum Gasteiger partial charge on any atom is -0.444 e. The molecule has 1 aliphatic heterocycles. The van der Waals surface area contributed by atoms with E-state index in [9.17, 15) is 9.59 Å². The van der Waals surface area contributed by atoms with Crippen molar-refractivity contribution in [3.05, 3.63) is 0 Å². The Hall–Kier alpha value is -1.34. The molecule has 0 aromatic rings. The summed E-state index contributed by atoms with van der Waals surface area (Å²) in [5.41, 5.74) is -0.591. The third kappa shape index (κ3) is 4.84. The molecule has 7 heteroatoms. The summed E-state index contributed by atoms with van der Waals surface area (Å²) < 4.78 is 10.5. The number of rotatable bonds is 5. The van der Waals surface area contributed by atoms with Crippen molar-refractivity contribution in [2.24, 2.45) is 0 Å². The van der Waals surface area contributed by atoms with Crippen LogP contribution in [-0.4, -0.2) is 78.0 Å². The van der Waals surface area contributed by atoms with E-state index in [0.29, 0.717) is 26.1 Å². The van der Waals surface area contributed by atoms with Crippen molar-refractivity contribution in [3.8, 4) is 0 Å². The second-order valence-electron chi connectivity index (χ2n) is 6.50. The molecule has 128 valence electrons. The lowest BCUT2D eigenvalue weighted by molar-refractivity contribution is -0.145. The first-order valence-electron chi connectivity index (χ1n) is 7.61. The van der Waals surface area contributed by atoms with Gasteiger partial charge in [-0.2, -0.15) is 0 Å². The molecule has 0 aromatic carbocycles. The molecule has 1 heterocycles. The molecule has 0 aliphatic carbocycles. The minimum atomic E-state index is -0.591. The summed E-state index contributed by atoms with van der Waals surface area (Å²) >= 11 is 0. The number of ether oxygens (including phenoxy) is 2. The summed E-state index contributed by atoms with van der Waals surface area (Å²) in [7, 11) is 1.56. The molecule has 22 heavy (non-hydrogen) atoms. The quantitative estimate of drug-likeness (QED) is 0.813. The molecule has 0 saturated carbocycles. The smallest absolute Gasteiger partial charge is 0.411 e. The number of piperazine rings is 1. The number of carbonyl (C=O) groups excluding carboxylic acids is 2. The number of aliphatic hydroxyl groups is 1. The zero-order valence-corrected chi connectivity index (χ0v) is 14.2. The first kappa shape index (κ1) is 18.7. The second-order valence-corrected chi connectivity index (χ2v) is 6.50. The van der Waals surface area contributed by atoms with Crippen LogP contribution in [0.15, 0.2) is 0 Å². The van der Waals surface area contributed by atoms with Gasteiger partial charge in [0.25, 0.3) is 0 Å². The number of carbonyl (C=O) groups is 2. The van der Waals surface area contributed by atoms with Gasteiger partial charge in [0.1, 0.15) is 11.6 Å². The molecule has 0 radical (unpaired) electrons. The number of amides is 2. The number of methoxy groups -OCH3 is 1. The third-order valence-corrected chi connectivity index (χ3v) is 3.58. The first-order chi connectivity index (χ1) is 10.2. The van der Waals surface area contributed by atoms with Gasteiger partial charge in [0.2, 0.25) is 5.91 Å². The molecule has 0 unspecified atom stereocenters. The normalized spacial score (nSPS) is 21.0. The van der Waals surface area contributed by atoms with Crippen LogP contribution in [0.5, 0.6) is 0 Å². The highest BCUT2D eigenvalue weighted by Crippen LogP contribution is 2.19. The van der Waals surface area contributed by atoms with Crippen LogP contribution in [0.4, 0.5) is 4.79 Å². The Morgan fingerprint density at radius 2 is 2.05 bits per heavy atom. The Bertz CT molecular complexity index is 388.